The standard InChI is InChI=1S/C16H20O3/c1-11(2)9-15(17)18-13-5-6-14-12(10-13)7-8-16(3,4)19-14/h5-8,10-11H,9H2,1-4H3. The van der Waals surface area contributed by atoms with E-state index in [0.29, 0.717) is 18.1 Å². The lowest BCUT2D eigenvalue weighted by Gasteiger charge is -2.27. The Balaban J connectivity index is 2.12. The first-order chi connectivity index (χ1) is 8.85. The summed E-state index contributed by atoms with van der Waals surface area (Å²) < 4.78 is 11.1. The third-order valence-corrected chi connectivity index (χ3v) is 2.83. The maximum Gasteiger partial charge on any atom is 0.311 e. The summed E-state index contributed by atoms with van der Waals surface area (Å²) in [7, 11) is 0. The number of carbonyl (C=O) groups is 1. The normalized spacial score (nSPS) is 15.8. The Morgan fingerprint density at radius 3 is 2.79 bits per heavy atom. The molecule has 102 valence electrons. The van der Waals surface area contributed by atoms with Crippen molar-refractivity contribution in [1.82, 2.24) is 0 Å². The fourth-order valence-corrected chi connectivity index (χ4v) is 1.93. The van der Waals surface area contributed by atoms with Gasteiger partial charge in [0.05, 0.1) is 0 Å². The van der Waals surface area contributed by atoms with Crippen LogP contribution in [-0.2, 0) is 4.79 Å². The first kappa shape index (κ1) is 13.7. The zero-order valence-corrected chi connectivity index (χ0v) is 11.9. The highest BCUT2D eigenvalue weighted by molar-refractivity contribution is 5.73. The molecule has 0 saturated carbocycles. The van der Waals surface area contributed by atoms with Gasteiger partial charge in [-0.2, -0.15) is 0 Å². The number of benzene rings is 1. The second-order valence-electron chi connectivity index (χ2n) is 5.81. The van der Waals surface area contributed by atoms with Gasteiger partial charge in [0.1, 0.15) is 17.1 Å². The van der Waals surface area contributed by atoms with Crippen LogP contribution in [0, 0.1) is 5.92 Å². The molecule has 2 rings (SSSR count). The lowest BCUT2D eigenvalue weighted by atomic mass is 10.0. The predicted molar refractivity (Wildman–Crippen MR) is 75.3 cm³/mol. The molecular formula is C16H20O3. The van der Waals surface area contributed by atoms with Gasteiger partial charge in [-0.15, -0.1) is 0 Å². The molecule has 1 aromatic rings. The third-order valence-electron chi connectivity index (χ3n) is 2.83. The molecular weight excluding hydrogens is 240 g/mol. The van der Waals surface area contributed by atoms with Crippen LogP contribution in [0.25, 0.3) is 6.08 Å². The van der Waals surface area contributed by atoms with Gasteiger partial charge in [-0.25, -0.2) is 0 Å². The summed E-state index contributed by atoms with van der Waals surface area (Å²) in [5.41, 5.74) is 0.650. The van der Waals surface area contributed by atoms with E-state index in [2.05, 4.69) is 0 Å². The predicted octanol–water partition coefficient (Wildman–Crippen LogP) is 3.82. The molecule has 1 aromatic carbocycles. The van der Waals surface area contributed by atoms with Crippen molar-refractivity contribution in [3.8, 4) is 11.5 Å². The summed E-state index contributed by atoms with van der Waals surface area (Å²) in [5.74, 6) is 1.48. The Morgan fingerprint density at radius 1 is 1.37 bits per heavy atom. The molecule has 0 fully saturated rings. The van der Waals surface area contributed by atoms with Crippen molar-refractivity contribution >= 4 is 12.0 Å². The van der Waals surface area contributed by atoms with Crippen molar-refractivity contribution in [1.29, 1.82) is 0 Å². The second kappa shape index (κ2) is 5.08. The van der Waals surface area contributed by atoms with E-state index < -0.39 is 0 Å². The summed E-state index contributed by atoms with van der Waals surface area (Å²) >= 11 is 0. The molecule has 0 bridgehead atoms. The van der Waals surface area contributed by atoms with Crippen LogP contribution in [0.4, 0.5) is 0 Å². The SMILES string of the molecule is CC(C)CC(=O)Oc1ccc2c(c1)C=CC(C)(C)O2. The summed E-state index contributed by atoms with van der Waals surface area (Å²) in [6.45, 7) is 7.99. The van der Waals surface area contributed by atoms with Gasteiger partial charge in [0, 0.05) is 12.0 Å². The summed E-state index contributed by atoms with van der Waals surface area (Å²) in [4.78, 5) is 11.6. The minimum absolute atomic E-state index is 0.198. The highest BCUT2D eigenvalue weighted by atomic mass is 16.5. The molecule has 0 N–H and O–H groups in total. The van der Waals surface area contributed by atoms with E-state index >= 15 is 0 Å². The fourth-order valence-electron chi connectivity index (χ4n) is 1.93. The van der Waals surface area contributed by atoms with Crippen molar-refractivity contribution in [3.63, 3.8) is 0 Å². The maximum absolute atomic E-state index is 11.6. The first-order valence-electron chi connectivity index (χ1n) is 6.59. The number of ether oxygens (including phenoxy) is 2. The van der Waals surface area contributed by atoms with Gasteiger partial charge < -0.3 is 9.47 Å². The van der Waals surface area contributed by atoms with E-state index in [-0.39, 0.29) is 11.6 Å². The van der Waals surface area contributed by atoms with E-state index in [1.807, 2.05) is 52.0 Å². The smallest absolute Gasteiger partial charge is 0.311 e. The van der Waals surface area contributed by atoms with Crippen LogP contribution in [-0.4, -0.2) is 11.6 Å². The molecule has 0 radical (unpaired) electrons. The van der Waals surface area contributed by atoms with Gasteiger partial charge in [-0.3, -0.25) is 4.79 Å². The maximum atomic E-state index is 11.6. The average molecular weight is 260 g/mol. The molecule has 1 aliphatic rings. The van der Waals surface area contributed by atoms with E-state index in [0.717, 1.165) is 11.3 Å². The topological polar surface area (TPSA) is 35.5 Å². The molecule has 1 heterocycles. The van der Waals surface area contributed by atoms with Crippen LogP contribution >= 0.6 is 0 Å². The largest absolute Gasteiger partial charge is 0.483 e. The quantitative estimate of drug-likeness (QED) is 0.612. The molecule has 0 unspecified atom stereocenters. The zero-order valence-electron chi connectivity index (χ0n) is 11.9. The molecule has 3 heteroatoms. The van der Waals surface area contributed by atoms with Crippen molar-refractivity contribution in [2.24, 2.45) is 5.92 Å². The summed E-state index contributed by atoms with van der Waals surface area (Å²) in [5, 5.41) is 0. The molecule has 19 heavy (non-hydrogen) atoms. The highest BCUT2D eigenvalue weighted by Crippen LogP contribution is 2.33. The van der Waals surface area contributed by atoms with Gasteiger partial charge in [0.25, 0.3) is 0 Å². The van der Waals surface area contributed by atoms with Crippen LogP contribution in [0.2, 0.25) is 0 Å². The van der Waals surface area contributed by atoms with Gasteiger partial charge in [-0.05, 0) is 44.0 Å². The van der Waals surface area contributed by atoms with E-state index in [4.69, 9.17) is 9.47 Å². The van der Waals surface area contributed by atoms with Crippen molar-refractivity contribution in [2.45, 2.75) is 39.7 Å². The lowest BCUT2D eigenvalue weighted by molar-refractivity contribution is -0.135. The molecule has 1 aliphatic heterocycles. The molecule has 0 atom stereocenters. The molecule has 0 aliphatic carbocycles. The Hall–Kier alpha value is -1.77. The van der Waals surface area contributed by atoms with Gasteiger partial charge >= 0.3 is 5.97 Å². The average Bonchev–Trinajstić information content (AvgIpc) is 2.27. The highest BCUT2D eigenvalue weighted by Gasteiger charge is 2.21. The Labute approximate surface area is 114 Å². The van der Waals surface area contributed by atoms with Crippen LogP contribution in [0.3, 0.4) is 0 Å². The second-order valence-corrected chi connectivity index (χ2v) is 5.81. The third kappa shape index (κ3) is 3.60. The van der Waals surface area contributed by atoms with E-state index in [1.165, 1.54) is 0 Å². The Bertz CT molecular complexity index is 513. The summed E-state index contributed by atoms with van der Waals surface area (Å²) in [6, 6.07) is 5.45. The van der Waals surface area contributed by atoms with Crippen LogP contribution < -0.4 is 9.47 Å². The number of fused-ring (bicyclic) bond motifs is 1. The lowest BCUT2D eigenvalue weighted by Crippen LogP contribution is -2.27. The fraction of sp³-hybridized carbons (Fsp3) is 0.438. The number of rotatable bonds is 3. The van der Waals surface area contributed by atoms with E-state index in [9.17, 15) is 4.79 Å². The monoisotopic (exact) mass is 260 g/mol. The number of hydrogen-bond acceptors (Lipinski definition) is 3. The number of hydrogen-bond donors (Lipinski definition) is 0. The van der Waals surface area contributed by atoms with E-state index in [1.54, 1.807) is 6.07 Å². The zero-order chi connectivity index (χ0) is 14.0. The minimum Gasteiger partial charge on any atom is -0.483 e. The van der Waals surface area contributed by atoms with Crippen LogP contribution in [0.1, 0.15) is 39.7 Å². The van der Waals surface area contributed by atoms with Gasteiger partial charge in [0.15, 0.2) is 0 Å². The Kier molecular flexibility index (Phi) is 3.65. The van der Waals surface area contributed by atoms with Crippen molar-refractivity contribution < 1.29 is 14.3 Å². The van der Waals surface area contributed by atoms with Crippen LogP contribution in [0.15, 0.2) is 24.3 Å². The van der Waals surface area contributed by atoms with Gasteiger partial charge in [0.2, 0.25) is 0 Å². The molecule has 0 amide bonds. The number of carbonyl (C=O) groups excluding carboxylic acids is 1. The minimum atomic E-state index is -0.289. The van der Waals surface area contributed by atoms with Gasteiger partial charge in [-0.1, -0.05) is 19.9 Å². The van der Waals surface area contributed by atoms with Crippen LogP contribution in [0.5, 0.6) is 11.5 Å². The first-order valence-corrected chi connectivity index (χ1v) is 6.59. The Morgan fingerprint density at radius 2 is 2.11 bits per heavy atom. The van der Waals surface area contributed by atoms with Crippen molar-refractivity contribution in [3.05, 3.63) is 29.8 Å². The molecule has 0 spiro atoms. The van der Waals surface area contributed by atoms with Crippen molar-refractivity contribution in [2.75, 3.05) is 0 Å². The molecule has 3 nitrogen and oxygen atoms in total. The molecule has 0 saturated heterocycles. The number of esters is 1. The summed E-state index contributed by atoms with van der Waals surface area (Å²) in [6.07, 6.45) is 4.42. The molecule has 0 aromatic heterocycles.